The molecule has 0 N–H and O–H groups in total. The van der Waals surface area contributed by atoms with Crippen molar-refractivity contribution in [3.8, 4) is 0 Å². The Morgan fingerprint density at radius 1 is 0.750 bits per heavy atom. The summed E-state index contributed by atoms with van der Waals surface area (Å²) in [6.07, 6.45) is 13.0. The summed E-state index contributed by atoms with van der Waals surface area (Å²) >= 11 is 0. The van der Waals surface area contributed by atoms with Gasteiger partial charge in [0.15, 0.2) is 0 Å². The molecule has 0 heterocycles. The van der Waals surface area contributed by atoms with Gasteiger partial charge in [-0.05, 0) is 62.2 Å². The minimum atomic E-state index is 0.785. The highest BCUT2D eigenvalue weighted by Gasteiger charge is 2.12. The van der Waals surface area contributed by atoms with Crippen molar-refractivity contribution in [3.05, 3.63) is 23.3 Å². The van der Waals surface area contributed by atoms with E-state index < -0.39 is 0 Å². The van der Waals surface area contributed by atoms with Crippen LogP contribution in [0, 0.1) is 23.7 Å². The smallest absolute Gasteiger partial charge is 0.0260 e. The summed E-state index contributed by atoms with van der Waals surface area (Å²) in [6, 6.07) is 0. The van der Waals surface area contributed by atoms with Crippen LogP contribution in [-0.4, -0.2) is 0 Å². The molecule has 2 aliphatic carbocycles. The molecule has 0 aromatic heterocycles. The SMILES string of the molecule is CC1CC=C(C(C)C)CC1.CC1CC=C(C(C)C)CC1. The van der Waals surface area contributed by atoms with E-state index in [1.165, 1.54) is 38.5 Å². The Labute approximate surface area is 127 Å². The van der Waals surface area contributed by atoms with E-state index in [1.54, 1.807) is 11.1 Å². The first-order chi connectivity index (χ1) is 9.40. The largest absolute Gasteiger partial charge is 0.0848 e. The van der Waals surface area contributed by atoms with Gasteiger partial charge in [0.2, 0.25) is 0 Å². The molecule has 2 atom stereocenters. The molecule has 0 radical (unpaired) electrons. The van der Waals surface area contributed by atoms with Gasteiger partial charge in [0.25, 0.3) is 0 Å². The van der Waals surface area contributed by atoms with Crippen LogP contribution in [0.5, 0.6) is 0 Å². The van der Waals surface area contributed by atoms with E-state index in [0.717, 1.165) is 23.7 Å². The summed E-state index contributed by atoms with van der Waals surface area (Å²) in [5, 5.41) is 0. The van der Waals surface area contributed by atoms with Crippen molar-refractivity contribution in [2.75, 3.05) is 0 Å². The Kier molecular flexibility index (Phi) is 7.62. The topological polar surface area (TPSA) is 0 Å². The van der Waals surface area contributed by atoms with Crippen LogP contribution in [0.3, 0.4) is 0 Å². The highest BCUT2D eigenvalue weighted by molar-refractivity contribution is 5.08. The predicted molar refractivity (Wildman–Crippen MR) is 91.9 cm³/mol. The van der Waals surface area contributed by atoms with Gasteiger partial charge in [-0.3, -0.25) is 0 Å². The maximum Gasteiger partial charge on any atom is -0.0260 e. The van der Waals surface area contributed by atoms with Gasteiger partial charge in [0, 0.05) is 0 Å². The molecule has 0 spiro atoms. The fourth-order valence-corrected chi connectivity index (χ4v) is 3.02. The molecule has 0 amide bonds. The molecule has 0 heteroatoms. The molecule has 0 fully saturated rings. The van der Waals surface area contributed by atoms with Gasteiger partial charge in [-0.2, -0.15) is 0 Å². The molecule has 2 rings (SSSR count). The van der Waals surface area contributed by atoms with E-state index in [1.807, 2.05) is 0 Å². The Bertz CT molecular complexity index is 296. The van der Waals surface area contributed by atoms with Crippen LogP contribution in [0.15, 0.2) is 23.3 Å². The fourth-order valence-electron chi connectivity index (χ4n) is 3.02. The first kappa shape index (κ1) is 17.5. The lowest BCUT2D eigenvalue weighted by molar-refractivity contribution is 0.490. The number of allylic oxidation sites excluding steroid dienone is 4. The highest BCUT2D eigenvalue weighted by Crippen LogP contribution is 2.27. The first-order valence-electron chi connectivity index (χ1n) is 8.78. The van der Waals surface area contributed by atoms with Gasteiger partial charge in [0.05, 0.1) is 0 Å². The third-order valence-corrected chi connectivity index (χ3v) is 4.90. The van der Waals surface area contributed by atoms with Crippen LogP contribution in [0.1, 0.15) is 80.1 Å². The summed E-state index contributed by atoms with van der Waals surface area (Å²) in [5.74, 6) is 3.44. The van der Waals surface area contributed by atoms with Crippen molar-refractivity contribution in [2.24, 2.45) is 23.7 Å². The molecular weight excluding hydrogens is 240 g/mol. The second-order valence-electron chi connectivity index (χ2n) is 7.63. The van der Waals surface area contributed by atoms with Crippen molar-refractivity contribution < 1.29 is 0 Å². The van der Waals surface area contributed by atoms with Crippen molar-refractivity contribution >= 4 is 0 Å². The number of hydrogen-bond acceptors (Lipinski definition) is 0. The molecule has 116 valence electrons. The summed E-state index contributed by atoms with van der Waals surface area (Å²) in [4.78, 5) is 0. The van der Waals surface area contributed by atoms with Gasteiger partial charge in [0.1, 0.15) is 0 Å². The van der Waals surface area contributed by atoms with Crippen LogP contribution in [0.4, 0.5) is 0 Å². The van der Waals surface area contributed by atoms with E-state index in [9.17, 15) is 0 Å². The normalized spacial score (nSPS) is 26.8. The van der Waals surface area contributed by atoms with E-state index >= 15 is 0 Å². The summed E-state index contributed by atoms with van der Waals surface area (Å²) in [6.45, 7) is 13.9. The molecule has 0 bridgehead atoms. The van der Waals surface area contributed by atoms with Crippen LogP contribution in [0.25, 0.3) is 0 Å². The molecule has 0 aromatic rings. The molecular formula is C20H36. The molecule has 0 aliphatic heterocycles. The third kappa shape index (κ3) is 6.29. The number of rotatable bonds is 2. The lowest BCUT2D eigenvalue weighted by Crippen LogP contribution is -2.05. The Morgan fingerprint density at radius 3 is 1.30 bits per heavy atom. The van der Waals surface area contributed by atoms with Crippen LogP contribution in [-0.2, 0) is 0 Å². The van der Waals surface area contributed by atoms with Crippen molar-refractivity contribution in [1.82, 2.24) is 0 Å². The Morgan fingerprint density at radius 2 is 1.10 bits per heavy atom. The van der Waals surface area contributed by atoms with Gasteiger partial charge in [-0.15, -0.1) is 0 Å². The predicted octanol–water partition coefficient (Wildman–Crippen LogP) is 6.78. The molecule has 2 aliphatic rings. The summed E-state index contributed by atoms with van der Waals surface area (Å²) in [5.41, 5.74) is 3.36. The lowest BCUT2D eigenvalue weighted by Gasteiger charge is -2.20. The molecule has 0 saturated heterocycles. The van der Waals surface area contributed by atoms with Gasteiger partial charge in [-0.1, -0.05) is 64.8 Å². The third-order valence-electron chi connectivity index (χ3n) is 4.90. The molecule has 0 saturated carbocycles. The van der Waals surface area contributed by atoms with Crippen molar-refractivity contribution in [2.45, 2.75) is 80.1 Å². The molecule has 2 unspecified atom stereocenters. The lowest BCUT2D eigenvalue weighted by atomic mass is 9.86. The minimum absolute atomic E-state index is 0.785. The van der Waals surface area contributed by atoms with Gasteiger partial charge in [-0.25, -0.2) is 0 Å². The maximum absolute atomic E-state index is 2.44. The zero-order chi connectivity index (χ0) is 15.1. The summed E-state index contributed by atoms with van der Waals surface area (Å²) in [7, 11) is 0. The molecule has 0 aromatic carbocycles. The molecule has 0 nitrogen and oxygen atoms in total. The zero-order valence-electron chi connectivity index (χ0n) is 14.7. The zero-order valence-corrected chi connectivity index (χ0v) is 14.7. The second kappa shape index (κ2) is 8.70. The van der Waals surface area contributed by atoms with E-state index in [0.29, 0.717) is 0 Å². The quantitative estimate of drug-likeness (QED) is 0.488. The minimum Gasteiger partial charge on any atom is -0.0848 e. The number of hydrogen-bond donors (Lipinski definition) is 0. The van der Waals surface area contributed by atoms with Crippen LogP contribution in [0.2, 0.25) is 0 Å². The average Bonchev–Trinajstić information content (AvgIpc) is 2.40. The van der Waals surface area contributed by atoms with E-state index in [4.69, 9.17) is 0 Å². The van der Waals surface area contributed by atoms with Crippen molar-refractivity contribution in [1.29, 1.82) is 0 Å². The molecule has 20 heavy (non-hydrogen) atoms. The first-order valence-corrected chi connectivity index (χ1v) is 8.78. The average molecular weight is 277 g/mol. The van der Waals surface area contributed by atoms with Gasteiger partial charge < -0.3 is 0 Å². The van der Waals surface area contributed by atoms with Crippen LogP contribution < -0.4 is 0 Å². The van der Waals surface area contributed by atoms with E-state index in [2.05, 4.69) is 53.7 Å². The van der Waals surface area contributed by atoms with Gasteiger partial charge >= 0.3 is 0 Å². The fraction of sp³-hybridized carbons (Fsp3) is 0.800. The van der Waals surface area contributed by atoms with Crippen LogP contribution >= 0.6 is 0 Å². The van der Waals surface area contributed by atoms with Crippen molar-refractivity contribution in [3.63, 3.8) is 0 Å². The monoisotopic (exact) mass is 276 g/mol. The summed E-state index contributed by atoms with van der Waals surface area (Å²) < 4.78 is 0. The van der Waals surface area contributed by atoms with E-state index in [-0.39, 0.29) is 0 Å². The highest BCUT2D eigenvalue weighted by atomic mass is 14.2. The Hall–Kier alpha value is -0.520. The second-order valence-corrected chi connectivity index (χ2v) is 7.63. The standard InChI is InChI=1S/2C10H18/c2*1-8(2)10-6-4-9(3)5-7-10/h2*6,8-9H,4-5,7H2,1-3H3. The Balaban J connectivity index is 0.000000200. The maximum atomic E-state index is 2.44.